The van der Waals surface area contributed by atoms with Crippen molar-refractivity contribution in [2.24, 2.45) is 0 Å². The van der Waals surface area contributed by atoms with E-state index in [0.29, 0.717) is 0 Å². The predicted molar refractivity (Wildman–Crippen MR) is 126 cm³/mol. The van der Waals surface area contributed by atoms with Crippen molar-refractivity contribution in [3.8, 4) is 11.3 Å². The zero-order chi connectivity index (χ0) is 20.2. The Hall–Kier alpha value is -3.11. The Labute approximate surface area is 180 Å². The molecule has 0 bridgehead atoms. The van der Waals surface area contributed by atoms with E-state index in [0.717, 1.165) is 15.0 Å². The van der Waals surface area contributed by atoms with Crippen LogP contribution in [0.4, 0.5) is 0 Å². The molecule has 0 spiro atoms. The molecule has 0 amide bonds. The topological polar surface area (TPSA) is 26.0 Å². The van der Waals surface area contributed by atoms with Gasteiger partial charge in [0.25, 0.3) is 0 Å². The first-order chi connectivity index (χ1) is 14.9. The van der Waals surface area contributed by atoms with Crippen LogP contribution in [0.1, 0.15) is 0 Å². The molecule has 0 saturated carbocycles. The number of rotatable bonds is 5. The summed E-state index contributed by atoms with van der Waals surface area (Å²) in [6, 6.07) is 44.9. The van der Waals surface area contributed by atoms with Gasteiger partial charge in [-0.3, -0.25) is 0 Å². The molecule has 0 atom stereocenters. The van der Waals surface area contributed by atoms with Gasteiger partial charge in [0.2, 0.25) is 0 Å². The van der Waals surface area contributed by atoms with Gasteiger partial charge in [-0.1, -0.05) is 0 Å². The van der Waals surface area contributed by atoms with Crippen molar-refractivity contribution in [1.29, 1.82) is 0 Å². The second-order valence-corrected chi connectivity index (χ2v) is 17.9. The molecule has 0 unspecified atom stereocenters. The SMILES string of the molecule is c1ccc(-c2c[c]([Sn]([c]3ccccc3)([c]3ccccc3)[c]3ccccc3)on2)cc1. The van der Waals surface area contributed by atoms with Crippen LogP contribution in [-0.2, 0) is 0 Å². The molecule has 5 aromatic rings. The standard InChI is InChI=1S/C9H6NO.3C6H5.Sn/c1-2-4-8(5-3-1)9-6-7-11-10-9;3*1-2-4-6-5-3-1;/h1-6H;3*1-5H;. The molecule has 144 valence electrons. The van der Waals surface area contributed by atoms with Gasteiger partial charge in [-0.2, -0.15) is 0 Å². The van der Waals surface area contributed by atoms with Gasteiger partial charge < -0.3 is 0 Å². The number of benzene rings is 4. The molecule has 4 aromatic carbocycles. The molecule has 0 fully saturated rings. The Kier molecular flexibility index (Phi) is 5.24. The fourth-order valence-electron chi connectivity index (χ4n) is 4.19. The van der Waals surface area contributed by atoms with Crippen LogP contribution in [0.3, 0.4) is 0 Å². The molecule has 2 nitrogen and oxygen atoms in total. The fraction of sp³-hybridized carbons (Fsp3) is 0. The third-order valence-electron chi connectivity index (χ3n) is 5.57. The van der Waals surface area contributed by atoms with Crippen molar-refractivity contribution in [2.75, 3.05) is 0 Å². The van der Waals surface area contributed by atoms with E-state index in [4.69, 9.17) is 4.52 Å². The zero-order valence-electron chi connectivity index (χ0n) is 16.5. The summed E-state index contributed by atoms with van der Waals surface area (Å²) < 4.78 is 11.2. The molecule has 0 saturated heterocycles. The van der Waals surface area contributed by atoms with Crippen LogP contribution in [0.2, 0.25) is 0 Å². The third kappa shape index (κ3) is 3.27. The number of hydrogen-bond donors (Lipinski definition) is 0. The van der Waals surface area contributed by atoms with E-state index in [1.165, 1.54) is 10.7 Å². The summed E-state index contributed by atoms with van der Waals surface area (Å²) in [6.45, 7) is 0. The zero-order valence-corrected chi connectivity index (χ0v) is 19.3. The van der Waals surface area contributed by atoms with E-state index in [9.17, 15) is 0 Å². The average Bonchev–Trinajstić information content (AvgIpc) is 3.33. The molecule has 0 aliphatic carbocycles. The van der Waals surface area contributed by atoms with Crippen LogP contribution in [-0.4, -0.2) is 23.5 Å². The minimum absolute atomic E-state index is 0.884. The van der Waals surface area contributed by atoms with E-state index in [1.807, 2.05) is 18.2 Å². The Balaban J connectivity index is 1.82. The van der Waals surface area contributed by atoms with E-state index in [-0.39, 0.29) is 0 Å². The monoisotopic (exact) mass is 495 g/mol. The molecule has 0 aliphatic rings. The molecule has 30 heavy (non-hydrogen) atoms. The van der Waals surface area contributed by atoms with Crippen molar-refractivity contribution in [1.82, 2.24) is 5.16 Å². The maximum absolute atomic E-state index is 6.19. The van der Waals surface area contributed by atoms with Gasteiger partial charge in [0, 0.05) is 0 Å². The fourth-order valence-corrected chi connectivity index (χ4v) is 16.9. The molecular formula is C27H21NOSn. The van der Waals surface area contributed by atoms with E-state index in [2.05, 4.69) is 114 Å². The summed E-state index contributed by atoms with van der Waals surface area (Å²) in [5.41, 5.74) is 1.95. The van der Waals surface area contributed by atoms with Gasteiger partial charge in [0.05, 0.1) is 0 Å². The van der Waals surface area contributed by atoms with Crippen LogP contribution in [0.15, 0.2) is 132 Å². The predicted octanol–water partition coefficient (Wildman–Crippen LogP) is 3.72. The molecular weight excluding hydrogens is 473 g/mol. The molecule has 1 aromatic heterocycles. The van der Waals surface area contributed by atoms with Gasteiger partial charge >= 0.3 is 181 Å². The molecule has 3 heteroatoms. The first-order valence-corrected chi connectivity index (χ1v) is 15.8. The summed E-state index contributed by atoms with van der Waals surface area (Å²) in [5.74, 6) is 0. The van der Waals surface area contributed by atoms with Crippen LogP contribution in [0.25, 0.3) is 11.3 Å². The number of hydrogen-bond acceptors (Lipinski definition) is 2. The van der Waals surface area contributed by atoms with Crippen molar-refractivity contribution in [3.05, 3.63) is 127 Å². The Morgan fingerprint density at radius 2 is 0.900 bits per heavy atom. The first kappa shape index (κ1) is 18.9. The van der Waals surface area contributed by atoms with Crippen LogP contribution < -0.4 is 14.5 Å². The first-order valence-electron chi connectivity index (χ1n) is 10.1. The minimum atomic E-state index is -3.68. The summed E-state index contributed by atoms with van der Waals surface area (Å²) >= 11 is -3.68. The van der Waals surface area contributed by atoms with Crippen LogP contribution >= 0.6 is 0 Å². The van der Waals surface area contributed by atoms with E-state index < -0.39 is 18.4 Å². The maximum atomic E-state index is 6.19. The van der Waals surface area contributed by atoms with Gasteiger partial charge in [0.15, 0.2) is 0 Å². The summed E-state index contributed by atoms with van der Waals surface area (Å²) in [6.07, 6.45) is 0. The quantitative estimate of drug-likeness (QED) is 0.349. The number of aromatic nitrogens is 1. The summed E-state index contributed by atoms with van der Waals surface area (Å²) in [5, 5.41) is 4.51. The molecule has 0 radical (unpaired) electrons. The van der Waals surface area contributed by atoms with Gasteiger partial charge in [-0.15, -0.1) is 0 Å². The second-order valence-electron chi connectivity index (χ2n) is 7.29. The van der Waals surface area contributed by atoms with E-state index >= 15 is 0 Å². The summed E-state index contributed by atoms with van der Waals surface area (Å²) in [4.78, 5) is 0. The second kappa shape index (κ2) is 8.33. The third-order valence-corrected chi connectivity index (χ3v) is 18.6. The van der Waals surface area contributed by atoms with Crippen molar-refractivity contribution >= 4 is 32.9 Å². The average molecular weight is 494 g/mol. The van der Waals surface area contributed by atoms with Gasteiger partial charge in [-0.05, 0) is 0 Å². The van der Waals surface area contributed by atoms with Gasteiger partial charge in [0.1, 0.15) is 0 Å². The van der Waals surface area contributed by atoms with Gasteiger partial charge in [-0.25, -0.2) is 0 Å². The van der Waals surface area contributed by atoms with Crippen molar-refractivity contribution < 1.29 is 4.52 Å². The molecule has 5 rings (SSSR count). The Bertz CT molecular complexity index is 1120. The van der Waals surface area contributed by atoms with Crippen molar-refractivity contribution in [2.45, 2.75) is 0 Å². The Morgan fingerprint density at radius 3 is 1.33 bits per heavy atom. The molecule has 1 heterocycles. The van der Waals surface area contributed by atoms with Crippen molar-refractivity contribution in [3.63, 3.8) is 0 Å². The van der Waals surface area contributed by atoms with Crippen LogP contribution in [0, 0.1) is 0 Å². The summed E-state index contributed by atoms with van der Waals surface area (Å²) in [7, 11) is 0. The number of nitrogens with zero attached hydrogens (tertiary/aromatic N) is 1. The molecule has 0 aliphatic heterocycles. The normalized spacial score (nSPS) is 11.3. The van der Waals surface area contributed by atoms with E-state index in [1.54, 1.807) is 0 Å². The van der Waals surface area contributed by atoms with Crippen LogP contribution in [0.5, 0.6) is 0 Å². The Morgan fingerprint density at radius 1 is 0.500 bits per heavy atom. The molecule has 0 N–H and O–H groups in total.